The fourth-order valence-electron chi connectivity index (χ4n) is 2.78. The van der Waals surface area contributed by atoms with Crippen molar-refractivity contribution in [3.05, 3.63) is 79.8 Å². The summed E-state index contributed by atoms with van der Waals surface area (Å²) in [6, 6.07) is 12.4. The first-order chi connectivity index (χ1) is 16.1. The Morgan fingerprint density at radius 1 is 1.21 bits per heavy atom. The molecule has 10 nitrogen and oxygen atoms in total. The molecule has 3 rings (SSSR count). The number of non-ortho nitro benzene ring substituents is 1. The van der Waals surface area contributed by atoms with Crippen LogP contribution in [-0.2, 0) is 10.0 Å². The highest BCUT2D eigenvalue weighted by Gasteiger charge is 2.23. The first-order valence-corrected chi connectivity index (χ1v) is 12.3. The predicted octanol–water partition coefficient (Wildman–Crippen LogP) is 5.36. The summed E-state index contributed by atoms with van der Waals surface area (Å²) in [7, 11) is -4.23. The van der Waals surface area contributed by atoms with Gasteiger partial charge in [0, 0.05) is 22.8 Å². The monoisotopic (exact) mass is 568 g/mol. The van der Waals surface area contributed by atoms with Gasteiger partial charge in [-0.05, 0) is 70.9 Å². The van der Waals surface area contributed by atoms with Gasteiger partial charge >= 0.3 is 0 Å². The van der Waals surface area contributed by atoms with Crippen molar-refractivity contribution in [3.63, 3.8) is 0 Å². The second kappa shape index (κ2) is 10.7. The van der Waals surface area contributed by atoms with Crippen LogP contribution in [0.4, 0.5) is 17.1 Å². The van der Waals surface area contributed by atoms with Crippen LogP contribution >= 0.6 is 27.5 Å². The van der Waals surface area contributed by atoms with E-state index < -0.39 is 20.6 Å². The molecule has 13 heteroatoms. The molecule has 3 aromatic rings. The van der Waals surface area contributed by atoms with E-state index in [4.69, 9.17) is 16.3 Å². The number of sulfonamides is 1. The molecule has 0 spiro atoms. The molecular weight excluding hydrogens is 552 g/mol. The number of halogens is 2. The second-order valence-electron chi connectivity index (χ2n) is 6.70. The number of nitrogens with one attached hydrogen (secondary N) is 2. The predicted molar refractivity (Wildman–Crippen MR) is 134 cm³/mol. The van der Waals surface area contributed by atoms with Crippen molar-refractivity contribution in [1.29, 1.82) is 0 Å². The molecule has 0 aliphatic carbocycles. The Morgan fingerprint density at radius 2 is 1.91 bits per heavy atom. The van der Waals surface area contributed by atoms with Gasteiger partial charge in [0.2, 0.25) is 0 Å². The van der Waals surface area contributed by atoms with Crippen molar-refractivity contribution >= 4 is 60.8 Å². The summed E-state index contributed by atoms with van der Waals surface area (Å²) in [5.74, 6) is 0.174. The van der Waals surface area contributed by atoms with Gasteiger partial charge in [0.15, 0.2) is 11.5 Å². The van der Waals surface area contributed by atoms with Crippen molar-refractivity contribution in [2.75, 3.05) is 16.8 Å². The topological polar surface area (TPSA) is 143 Å². The lowest BCUT2D eigenvalue weighted by Crippen LogP contribution is -2.15. The van der Waals surface area contributed by atoms with E-state index in [1.807, 2.05) is 0 Å². The van der Waals surface area contributed by atoms with Crippen molar-refractivity contribution in [2.24, 2.45) is 5.10 Å². The quantitative estimate of drug-likeness (QED) is 0.179. The van der Waals surface area contributed by atoms with Gasteiger partial charge in [0.25, 0.3) is 15.7 Å². The van der Waals surface area contributed by atoms with E-state index in [9.17, 15) is 23.6 Å². The lowest BCUT2D eigenvalue weighted by atomic mass is 10.2. The third-order valence-corrected chi connectivity index (χ3v) is 6.59. The Morgan fingerprint density at radius 3 is 2.56 bits per heavy atom. The first kappa shape index (κ1) is 25.3. The van der Waals surface area contributed by atoms with Gasteiger partial charge in [-0.1, -0.05) is 11.6 Å². The minimum absolute atomic E-state index is 0.00573. The number of aromatic hydroxyl groups is 1. The molecule has 0 unspecified atom stereocenters. The molecule has 0 saturated heterocycles. The molecule has 0 amide bonds. The normalized spacial score (nSPS) is 11.4. The summed E-state index contributed by atoms with van der Waals surface area (Å²) in [5, 5.41) is 25.7. The minimum atomic E-state index is -4.23. The van der Waals surface area contributed by atoms with Gasteiger partial charge in [-0.2, -0.15) is 5.10 Å². The Labute approximate surface area is 208 Å². The zero-order chi connectivity index (χ0) is 24.9. The molecule has 0 bridgehead atoms. The molecule has 178 valence electrons. The van der Waals surface area contributed by atoms with Crippen LogP contribution < -0.4 is 14.9 Å². The number of ether oxygens (including phenoxy) is 1. The number of rotatable bonds is 9. The van der Waals surface area contributed by atoms with Crippen LogP contribution in [0, 0.1) is 10.1 Å². The summed E-state index contributed by atoms with van der Waals surface area (Å²) in [6.45, 7) is 2.10. The highest BCUT2D eigenvalue weighted by atomic mass is 79.9. The number of phenols is 1. The zero-order valence-electron chi connectivity index (χ0n) is 17.5. The maximum absolute atomic E-state index is 13.0. The number of hydrogen-bond donors (Lipinski definition) is 3. The summed E-state index contributed by atoms with van der Waals surface area (Å²) < 4.78 is 34.1. The molecule has 3 N–H and O–H groups in total. The van der Waals surface area contributed by atoms with Gasteiger partial charge in [-0.15, -0.1) is 0 Å². The number of anilines is 2. The van der Waals surface area contributed by atoms with E-state index in [-0.39, 0.29) is 27.8 Å². The summed E-state index contributed by atoms with van der Waals surface area (Å²) in [6.07, 6.45) is 1.37. The fourth-order valence-corrected chi connectivity index (χ4v) is 4.60. The van der Waals surface area contributed by atoms with Crippen molar-refractivity contribution in [3.8, 4) is 11.5 Å². The van der Waals surface area contributed by atoms with Gasteiger partial charge in [0.05, 0.1) is 27.9 Å². The lowest BCUT2D eigenvalue weighted by Gasteiger charge is -2.12. The van der Waals surface area contributed by atoms with E-state index in [0.717, 1.165) is 12.1 Å². The molecule has 0 aliphatic heterocycles. The van der Waals surface area contributed by atoms with Crippen molar-refractivity contribution < 1.29 is 23.2 Å². The minimum Gasteiger partial charge on any atom is -0.503 e. The molecule has 0 saturated carbocycles. The Bertz CT molecular complexity index is 1350. The molecule has 0 fully saturated rings. The number of benzene rings is 3. The summed E-state index contributed by atoms with van der Waals surface area (Å²) in [5.41, 5.74) is 2.96. The first-order valence-electron chi connectivity index (χ1n) is 9.62. The van der Waals surface area contributed by atoms with Crippen LogP contribution in [0.5, 0.6) is 11.5 Å². The van der Waals surface area contributed by atoms with Gasteiger partial charge in [0.1, 0.15) is 4.90 Å². The van der Waals surface area contributed by atoms with E-state index in [1.165, 1.54) is 36.5 Å². The van der Waals surface area contributed by atoms with Crippen LogP contribution in [0.25, 0.3) is 0 Å². The maximum atomic E-state index is 13.0. The lowest BCUT2D eigenvalue weighted by molar-refractivity contribution is -0.385. The highest BCUT2D eigenvalue weighted by molar-refractivity contribution is 9.10. The highest BCUT2D eigenvalue weighted by Crippen LogP contribution is 2.35. The van der Waals surface area contributed by atoms with Crippen LogP contribution in [0.1, 0.15) is 12.5 Å². The molecule has 0 radical (unpaired) electrons. The smallest absolute Gasteiger partial charge is 0.270 e. The van der Waals surface area contributed by atoms with Gasteiger partial charge in [-0.25, -0.2) is 8.42 Å². The van der Waals surface area contributed by atoms with E-state index in [0.29, 0.717) is 21.7 Å². The van der Waals surface area contributed by atoms with Gasteiger partial charge in [-0.3, -0.25) is 20.3 Å². The molecule has 0 heterocycles. The van der Waals surface area contributed by atoms with Gasteiger partial charge < -0.3 is 9.84 Å². The Balaban J connectivity index is 1.93. The fraction of sp³-hybridized carbons (Fsp3) is 0.0952. The molecule has 0 aliphatic rings. The average Bonchev–Trinajstić information content (AvgIpc) is 2.78. The van der Waals surface area contributed by atoms with E-state index >= 15 is 0 Å². The average molecular weight is 570 g/mol. The summed E-state index contributed by atoms with van der Waals surface area (Å²) >= 11 is 9.06. The van der Waals surface area contributed by atoms with Crippen LogP contribution in [-0.4, -0.2) is 31.3 Å². The number of nitro groups is 1. The molecule has 34 heavy (non-hydrogen) atoms. The number of hydrogen-bond acceptors (Lipinski definition) is 8. The number of nitro benzene ring substituents is 1. The third kappa shape index (κ3) is 6.16. The Kier molecular flexibility index (Phi) is 7.97. The standard InChI is InChI=1S/C21H18BrClN4O6S/c1-2-33-19-10-13(9-17(22)21(19)28)12-24-25-18-8-7-16(27(29)30)11-20(18)34(31,32)26-15-5-3-14(23)4-6-15/h3-12,25-26,28H,2H2,1H3. The van der Waals surface area contributed by atoms with E-state index in [2.05, 4.69) is 31.2 Å². The molecular formula is C21H18BrClN4O6S. The Hall–Kier alpha value is -3.35. The van der Waals surface area contributed by atoms with Crippen LogP contribution in [0.15, 0.2) is 69.1 Å². The number of hydrazone groups is 1. The molecule has 0 aromatic heterocycles. The molecule has 3 aromatic carbocycles. The van der Waals surface area contributed by atoms with Crippen LogP contribution in [0.2, 0.25) is 5.02 Å². The SMILES string of the molecule is CCOc1cc(C=NNc2ccc([N+](=O)[O-])cc2S(=O)(=O)Nc2ccc(Cl)cc2)cc(Br)c1O. The van der Waals surface area contributed by atoms with E-state index in [1.54, 1.807) is 19.1 Å². The number of nitrogens with zero attached hydrogens (tertiary/aromatic N) is 2. The van der Waals surface area contributed by atoms with Crippen molar-refractivity contribution in [1.82, 2.24) is 0 Å². The zero-order valence-corrected chi connectivity index (χ0v) is 20.7. The molecule has 0 atom stereocenters. The largest absolute Gasteiger partial charge is 0.503 e. The second-order valence-corrected chi connectivity index (χ2v) is 9.64. The number of phenolic OH excluding ortho intramolecular Hbond substituents is 1. The summed E-state index contributed by atoms with van der Waals surface area (Å²) in [4.78, 5) is 10.1. The van der Waals surface area contributed by atoms with Crippen molar-refractivity contribution in [2.45, 2.75) is 11.8 Å². The van der Waals surface area contributed by atoms with Crippen LogP contribution in [0.3, 0.4) is 0 Å². The third-order valence-electron chi connectivity index (χ3n) is 4.31. The maximum Gasteiger partial charge on any atom is 0.270 e.